The van der Waals surface area contributed by atoms with Crippen molar-refractivity contribution in [1.29, 1.82) is 0 Å². The molecule has 0 aliphatic carbocycles. The summed E-state index contributed by atoms with van der Waals surface area (Å²) in [7, 11) is 0. The molecule has 21 heavy (non-hydrogen) atoms. The third-order valence-corrected chi connectivity index (χ3v) is 3.26. The summed E-state index contributed by atoms with van der Waals surface area (Å²) in [6.07, 6.45) is -3.09. The predicted molar refractivity (Wildman–Crippen MR) is 70.6 cm³/mol. The Hall–Kier alpha value is -2.28. The van der Waals surface area contributed by atoms with E-state index in [1.165, 1.54) is 13.8 Å². The lowest BCUT2D eigenvalue weighted by Gasteiger charge is -2.15. The van der Waals surface area contributed by atoms with Crippen LogP contribution in [0.3, 0.4) is 0 Å². The first-order valence-electron chi connectivity index (χ1n) is 6.10. The monoisotopic (exact) mass is 296 g/mol. The highest BCUT2D eigenvalue weighted by atomic mass is 16.5. The minimum atomic E-state index is -1.65. The number of ketones is 2. The minimum absolute atomic E-state index is 0.0267. The number of carboxylic acid groups (broad SMARTS) is 2. The van der Waals surface area contributed by atoms with Gasteiger partial charge in [-0.2, -0.15) is 0 Å². The van der Waals surface area contributed by atoms with E-state index in [1.807, 2.05) is 0 Å². The van der Waals surface area contributed by atoms with Gasteiger partial charge in [-0.3, -0.25) is 19.2 Å². The maximum absolute atomic E-state index is 12.0. The van der Waals surface area contributed by atoms with E-state index in [2.05, 4.69) is 13.2 Å². The van der Waals surface area contributed by atoms with Crippen molar-refractivity contribution >= 4 is 23.5 Å². The van der Waals surface area contributed by atoms with E-state index in [1.54, 1.807) is 0 Å². The second-order valence-electron chi connectivity index (χ2n) is 4.99. The number of aliphatic carboxylic acids is 2. The fraction of sp³-hybridized carbons (Fsp3) is 0.429. The molecule has 0 saturated carbocycles. The number of rotatable bonds is 6. The van der Waals surface area contributed by atoms with Crippen LogP contribution in [0.1, 0.15) is 13.8 Å². The summed E-state index contributed by atoms with van der Waals surface area (Å²) in [6.45, 7) is 9.50. The Balaban J connectivity index is 3.31. The molecule has 1 aliphatic heterocycles. The molecule has 0 aromatic carbocycles. The van der Waals surface area contributed by atoms with Gasteiger partial charge in [0.25, 0.3) is 0 Å². The molecule has 1 saturated heterocycles. The molecule has 1 aliphatic rings. The van der Waals surface area contributed by atoms with Crippen LogP contribution in [-0.4, -0.2) is 45.9 Å². The molecule has 1 heterocycles. The molecule has 114 valence electrons. The Kier molecular flexibility index (Phi) is 4.80. The van der Waals surface area contributed by atoms with Crippen LogP contribution in [0.2, 0.25) is 0 Å². The molecule has 1 fully saturated rings. The molecule has 0 bridgehead atoms. The zero-order valence-corrected chi connectivity index (χ0v) is 11.7. The number of ether oxygens (including phenoxy) is 1. The predicted octanol–water partition coefficient (Wildman–Crippen LogP) is 0.446. The van der Waals surface area contributed by atoms with E-state index in [0.717, 1.165) is 0 Å². The van der Waals surface area contributed by atoms with Crippen molar-refractivity contribution in [3.05, 3.63) is 24.3 Å². The smallest absolute Gasteiger partial charge is 0.310 e. The average Bonchev–Trinajstić information content (AvgIpc) is 2.76. The molecule has 0 radical (unpaired) electrons. The van der Waals surface area contributed by atoms with Crippen molar-refractivity contribution in [2.24, 2.45) is 11.8 Å². The SMILES string of the molecule is C=C(C)C(=O)C1OC(C(=O)C(=C)C)C(C(=O)O)C1C(=O)O. The maximum Gasteiger partial charge on any atom is 0.310 e. The fourth-order valence-corrected chi connectivity index (χ4v) is 2.21. The molecule has 0 amide bonds. The van der Waals surface area contributed by atoms with Gasteiger partial charge in [0.1, 0.15) is 24.0 Å². The van der Waals surface area contributed by atoms with Gasteiger partial charge in [0.05, 0.1) is 0 Å². The second kappa shape index (κ2) is 6.01. The van der Waals surface area contributed by atoms with E-state index in [4.69, 9.17) is 4.74 Å². The molecule has 7 nitrogen and oxygen atoms in total. The number of carbonyl (C=O) groups is 4. The van der Waals surface area contributed by atoms with Gasteiger partial charge in [-0.25, -0.2) is 0 Å². The molecule has 1 rings (SSSR count). The summed E-state index contributed by atoms with van der Waals surface area (Å²) >= 11 is 0. The zero-order chi connectivity index (χ0) is 16.5. The van der Waals surface area contributed by atoms with Crippen molar-refractivity contribution in [1.82, 2.24) is 0 Å². The van der Waals surface area contributed by atoms with Crippen LogP contribution in [0.4, 0.5) is 0 Å². The standard InChI is InChI=1S/C14H16O7/c1-5(2)9(15)11-7(13(17)18)8(14(19)20)12(21-11)10(16)6(3)4/h7-8,11-12H,1,3H2,2,4H3,(H,17,18)(H,19,20). The van der Waals surface area contributed by atoms with E-state index >= 15 is 0 Å². The van der Waals surface area contributed by atoms with Crippen LogP contribution in [0.25, 0.3) is 0 Å². The van der Waals surface area contributed by atoms with Crippen molar-refractivity contribution in [2.45, 2.75) is 26.1 Å². The van der Waals surface area contributed by atoms with Gasteiger partial charge >= 0.3 is 11.9 Å². The van der Waals surface area contributed by atoms with Gasteiger partial charge in [0, 0.05) is 0 Å². The number of carboxylic acids is 2. The van der Waals surface area contributed by atoms with Gasteiger partial charge in [0.15, 0.2) is 11.6 Å². The van der Waals surface area contributed by atoms with Gasteiger partial charge in [-0.1, -0.05) is 13.2 Å². The van der Waals surface area contributed by atoms with Gasteiger partial charge in [-0.15, -0.1) is 0 Å². The lowest BCUT2D eigenvalue weighted by atomic mass is 9.83. The summed E-state index contributed by atoms with van der Waals surface area (Å²) in [4.78, 5) is 46.6. The second-order valence-corrected chi connectivity index (χ2v) is 4.99. The molecule has 2 N–H and O–H groups in total. The first-order chi connectivity index (χ1) is 9.59. The number of Topliss-reactive ketones (excluding diaryl/α,β-unsaturated/α-hetero) is 2. The Morgan fingerprint density at radius 1 is 0.810 bits per heavy atom. The summed E-state index contributed by atoms with van der Waals surface area (Å²) in [5, 5.41) is 18.4. The maximum atomic E-state index is 12.0. The Morgan fingerprint density at radius 3 is 1.29 bits per heavy atom. The third kappa shape index (κ3) is 3.08. The molecular formula is C14H16O7. The summed E-state index contributed by atoms with van der Waals surface area (Å²) < 4.78 is 5.17. The highest BCUT2D eigenvalue weighted by Crippen LogP contribution is 2.36. The van der Waals surface area contributed by atoms with Crippen LogP contribution >= 0.6 is 0 Å². The molecule has 0 spiro atoms. The van der Waals surface area contributed by atoms with Crippen molar-refractivity contribution < 1.29 is 34.1 Å². The Bertz CT molecular complexity index is 498. The Labute approximate surface area is 120 Å². The van der Waals surface area contributed by atoms with Crippen LogP contribution in [-0.2, 0) is 23.9 Å². The number of hydrogen-bond acceptors (Lipinski definition) is 5. The first-order valence-corrected chi connectivity index (χ1v) is 6.10. The summed E-state index contributed by atoms with van der Waals surface area (Å²) in [6, 6.07) is 0. The highest BCUT2D eigenvalue weighted by Gasteiger charge is 2.57. The molecule has 4 unspecified atom stereocenters. The average molecular weight is 296 g/mol. The molecule has 0 aromatic heterocycles. The van der Waals surface area contributed by atoms with Crippen LogP contribution < -0.4 is 0 Å². The van der Waals surface area contributed by atoms with E-state index in [0.29, 0.717) is 0 Å². The number of carbonyl (C=O) groups excluding carboxylic acids is 2. The van der Waals surface area contributed by atoms with Crippen molar-refractivity contribution in [3.8, 4) is 0 Å². The zero-order valence-electron chi connectivity index (χ0n) is 11.7. The topological polar surface area (TPSA) is 118 Å². The van der Waals surface area contributed by atoms with Crippen molar-refractivity contribution in [3.63, 3.8) is 0 Å². The van der Waals surface area contributed by atoms with Crippen LogP contribution in [0.5, 0.6) is 0 Å². The number of hydrogen-bond donors (Lipinski definition) is 2. The van der Waals surface area contributed by atoms with Gasteiger partial charge < -0.3 is 14.9 Å². The lowest BCUT2D eigenvalue weighted by molar-refractivity contribution is -0.154. The quantitative estimate of drug-likeness (QED) is 0.683. The largest absolute Gasteiger partial charge is 0.481 e. The molecule has 7 heteroatoms. The van der Waals surface area contributed by atoms with Crippen LogP contribution in [0, 0.1) is 11.8 Å². The Morgan fingerprint density at radius 2 is 1.10 bits per heavy atom. The lowest BCUT2D eigenvalue weighted by Crippen LogP contribution is -2.39. The fourth-order valence-electron chi connectivity index (χ4n) is 2.21. The van der Waals surface area contributed by atoms with Gasteiger partial charge in [0.2, 0.25) is 0 Å². The molecular weight excluding hydrogens is 280 g/mol. The van der Waals surface area contributed by atoms with E-state index in [-0.39, 0.29) is 11.1 Å². The van der Waals surface area contributed by atoms with Crippen LogP contribution in [0.15, 0.2) is 24.3 Å². The minimum Gasteiger partial charge on any atom is -0.481 e. The third-order valence-electron chi connectivity index (χ3n) is 3.26. The van der Waals surface area contributed by atoms with E-state index in [9.17, 15) is 29.4 Å². The van der Waals surface area contributed by atoms with E-state index < -0.39 is 47.5 Å². The first kappa shape index (κ1) is 16.8. The molecule has 4 atom stereocenters. The summed E-state index contributed by atoms with van der Waals surface area (Å²) in [5.41, 5.74) is 0.0534. The molecule has 0 aromatic rings. The normalized spacial score (nSPS) is 27.9. The highest BCUT2D eigenvalue weighted by molar-refractivity contribution is 6.05. The van der Waals surface area contributed by atoms with Gasteiger partial charge in [-0.05, 0) is 25.0 Å². The van der Waals surface area contributed by atoms with Crippen molar-refractivity contribution in [2.75, 3.05) is 0 Å². The summed E-state index contributed by atoms with van der Waals surface area (Å²) in [5.74, 6) is -7.80.